The smallest absolute Gasteiger partial charge is 0.385 e. The van der Waals surface area contributed by atoms with Gasteiger partial charge in [0.25, 0.3) is 0 Å². The lowest BCUT2D eigenvalue weighted by Crippen LogP contribution is -2.14. The summed E-state index contributed by atoms with van der Waals surface area (Å²) in [6, 6.07) is 5.53. The lowest BCUT2D eigenvalue weighted by atomic mass is 10.0. The number of aromatic nitrogens is 2. The number of hydrogen-bond donors (Lipinski definition) is 1. The molecule has 1 atom stereocenters. The molecule has 112 valence electrons. The second-order valence-corrected chi connectivity index (χ2v) is 5.27. The number of nitrogens with zero attached hydrogens (tertiary/aromatic N) is 2. The highest BCUT2D eigenvalue weighted by Gasteiger charge is 2.33. The van der Waals surface area contributed by atoms with Gasteiger partial charge in [-0.3, -0.25) is 0 Å². The van der Waals surface area contributed by atoms with Crippen molar-refractivity contribution >= 4 is 0 Å². The van der Waals surface area contributed by atoms with Crippen LogP contribution >= 0.6 is 0 Å². The fraction of sp³-hybridized carbons (Fsp3) is 0.400. The van der Waals surface area contributed by atoms with Crippen LogP contribution in [0.15, 0.2) is 30.5 Å². The highest BCUT2D eigenvalue weighted by molar-refractivity contribution is 5.33. The van der Waals surface area contributed by atoms with Crippen molar-refractivity contribution in [3.05, 3.63) is 53.1 Å². The molecule has 3 rings (SSSR count). The Morgan fingerprint density at radius 1 is 1.29 bits per heavy atom. The quantitative estimate of drug-likeness (QED) is 0.923. The molecule has 1 unspecified atom stereocenters. The molecule has 21 heavy (non-hydrogen) atoms. The van der Waals surface area contributed by atoms with Crippen LogP contribution < -0.4 is 0 Å². The molecule has 0 saturated heterocycles. The number of aryl methyl sites for hydroxylation is 1. The van der Waals surface area contributed by atoms with Gasteiger partial charge in [0.1, 0.15) is 11.9 Å². The number of hydrogen-bond acceptors (Lipinski definition) is 2. The van der Waals surface area contributed by atoms with Crippen LogP contribution in [0, 0.1) is 0 Å². The predicted octanol–water partition coefficient (Wildman–Crippen LogP) is 3.32. The van der Waals surface area contributed by atoms with Crippen LogP contribution in [0.4, 0.5) is 13.2 Å². The van der Waals surface area contributed by atoms with Gasteiger partial charge in [-0.25, -0.2) is 4.98 Å². The number of benzene rings is 1. The van der Waals surface area contributed by atoms with Gasteiger partial charge in [-0.15, -0.1) is 0 Å². The number of aliphatic hydroxyl groups is 1. The van der Waals surface area contributed by atoms with E-state index in [4.69, 9.17) is 0 Å². The summed E-state index contributed by atoms with van der Waals surface area (Å²) >= 11 is 0. The molecular formula is C15H15F3N2O. The Kier molecular flexibility index (Phi) is 3.49. The van der Waals surface area contributed by atoms with Crippen LogP contribution in [-0.4, -0.2) is 14.7 Å². The van der Waals surface area contributed by atoms with Gasteiger partial charge in [-0.2, -0.15) is 13.2 Å². The van der Waals surface area contributed by atoms with Crippen molar-refractivity contribution < 1.29 is 18.3 Å². The number of alkyl halides is 3. The van der Waals surface area contributed by atoms with E-state index >= 15 is 0 Å². The first kappa shape index (κ1) is 14.1. The molecule has 0 amide bonds. The third kappa shape index (κ3) is 2.81. The normalized spacial score (nSPS) is 18.6. The van der Waals surface area contributed by atoms with Gasteiger partial charge in [-0.1, -0.05) is 18.2 Å². The van der Waals surface area contributed by atoms with Gasteiger partial charge in [0, 0.05) is 19.2 Å². The van der Waals surface area contributed by atoms with E-state index in [1.165, 1.54) is 12.1 Å². The van der Waals surface area contributed by atoms with E-state index in [1.54, 1.807) is 12.3 Å². The number of fused-ring (bicyclic) bond motifs is 1. The molecule has 6 heteroatoms. The maximum atomic E-state index is 13.0. The first-order valence-electron chi connectivity index (χ1n) is 6.84. The van der Waals surface area contributed by atoms with Crippen LogP contribution in [0.1, 0.15) is 41.6 Å². The molecule has 0 radical (unpaired) electrons. The Labute approximate surface area is 120 Å². The molecule has 0 fully saturated rings. The monoisotopic (exact) mass is 296 g/mol. The molecule has 1 aromatic heterocycles. The van der Waals surface area contributed by atoms with Gasteiger partial charge in [0.2, 0.25) is 0 Å². The third-order valence-corrected chi connectivity index (χ3v) is 3.73. The highest BCUT2D eigenvalue weighted by Crippen LogP contribution is 2.33. The molecule has 0 saturated carbocycles. The van der Waals surface area contributed by atoms with Gasteiger partial charge in [0.05, 0.1) is 11.3 Å². The van der Waals surface area contributed by atoms with Crippen molar-refractivity contribution in [1.82, 2.24) is 9.55 Å². The summed E-state index contributed by atoms with van der Waals surface area (Å²) < 4.78 is 40.8. The topological polar surface area (TPSA) is 38.0 Å². The SMILES string of the molecule is OC1CCCn2cc(Cc3ccccc3C(F)(F)F)nc21. The molecule has 1 aromatic carbocycles. The molecule has 3 nitrogen and oxygen atoms in total. The number of halogens is 3. The molecule has 2 heterocycles. The molecule has 1 aliphatic rings. The first-order chi connectivity index (χ1) is 9.95. The lowest BCUT2D eigenvalue weighted by molar-refractivity contribution is -0.138. The van der Waals surface area contributed by atoms with E-state index in [0.29, 0.717) is 17.9 Å². The molecule has 2 aromatic rings. The maximum Gasteiger partial charge on any atom is 0.416 e. The standard InChI is InChI=1S/C15H15F3N2O/c16-15(17,18)12-5-2-1-4-10(12)8-11-9-20-7-3-6-13(21)14(20)19-11/h1-2,4-5,9,13,21H,3,6-8H2. The summed E-state index contributed by atoms with van der Waals surface area (Å²) in [4.78, 5) is 4.30. The molecule has 0 aliphatic carbocycles. The minimum Gasteiger partial charge on any atom is -0.385 e. The van der Waals surface area contributed by atoms with E-state index in [-0.39, 0.29) is 12.0 Å². The van der Waals surface area contributed by atoms with Crippen molar-refractivity contribution in [2.45, 2.75) is 38.1 Å². The summed E-state index contributed by atoms with van der Waals surface area (Å²) in [5, 5.41) is 9.86. The van der Waals surface area contributed by atoms with E-state index in [0.717, 1.165) is 19.0 Å². The summed E-state index contributed by atoms with van der Waals surface area (Å²) in [5.74, 6) is 0.556. The number of rotatable bonds is 2. The fourth-order valence-electron chi connectivity index (χ4n) is 2.75. The van der Waals surface area contributed by atoms with Crippen LogP contribution in [0.25, 0.3) is 0 Å². The second kappa shape index (κ2) is 5.18. The Morgan fingerprint density at radius 3 is 2.76 bits per heavy atom. The van der Waals surface area contributed by atoms with E-state index in [1.807, 2.05) is 4.57 Å². The minimum atomic E-state index is -4.37. The van der Waals surface area contributed by atoms with Crippen molar-refractivity contribution in [3.8, 4) is 0 Å². The van der Waals surface area contributed by atoms with Gasteiger partial charge >= 0.3 is 6.18 Å². The van der Waals surface area contributed by atoms with E-state index < -0.39 is 17.8 Å². The average Bonchev–Trinajstić information content (AvgIpc) is 2.82. The van der Waals surface area contributed by atoms with Crippen molar-refractivity contribution in [1.29, 1.82) is 0 Å². The summed E-state index contributed by atoms with van der Waals surface area (Å²) in [6.07, 6.45) is -1.63. The Hall–Kier alpha value is -1.82. The van der Waals surface area contributed by atoms with Crippen molar-refractivity contribution in [2.75, 3.05) is 0 Å². The van der Waals surface area contributed by atoms with Crippen LogP contribution in [-0.2, 0) is 19.1 Å². The average molecular weight is 296 g/mol. The molecule has 1 aliphatic heterocycles. The van der Waals surface area contributed by atoms with Crippen LogP contribution in [0.2, 0.25) is 0 Å². The third-order valence-electron chi connectivity index (χ3n) is 3.73. The van der Waals surface area contributed by atoms with Gasteiger partial charge < -0.3 is 9.67 Å². The summed E-state index contributed by atoms with van der Waals surface area (Å²) in [7, 11) is 0. The second-order valence-electron chi connectivity index (χ2n) is 5.27. The Bertz CT molecular complexity index is 649. The number of aliphatic hydroxyl groups excluding tert-OH is 1. The zero-order valence-corrected chi connectivity index (χ0v) is 11.3. The molecule has 1 N–H and O–H groups in total. The van der Waals surface area contributed by atoms with Crippen molar-refractivity contribution in [3.63, 3.8) is 0 Å². The predicted molar refractivity (Wildman–Crippen MR) is 70.7 cm³/mol. The van der Waals surface area contributed by atoms with E-state index in [9.17, 15) is 18.3 Å². The minimum absolute atomic E-state index is 0.113. The highest BCUT2D eigenvalue weighted by atomic mass is 19.4. The molecule has 0 spiro atoms. The number of imidazole rings is 1. The largest absolute Gasteiger partial charge is 0.416 e. The Balaban J connectivity index is 1.91. The Morgan fingerprint density at radius 2 is 2.05 bits per heavy atom. The zero-order valence-electron chi connectivity index (χ0n) is 11.3. The zero-order chi connectivity index (χ0) is 15.0. The lowest BCUT2D eigenvalue weighted by Gasteiger charge is -2.18. The maximum absolute atomic E-state index is 13.0. The summed E-state index contributed by atoms with van der Waals surface area (Å²) in [5.41, 5.74) is 0.133. The van der Waals surface area contributed by atoms with E-state index in [2.05, 4.69) is 4.98 Å². The van der Waals surface area contributed by atoms with Gasteiger partial charge in [-0.05, 0) is 24.5 Å². The van der Waals surface area contributed by atoms with Crippen LogP contribution in [0.3, 0.4) is 0 Å². The molecular weight excluding hydrogens is 281 g/mol. The fourth-order valence-corrected chi connectivity index (χ4v) is 2.75. The first-order valence-corrected chi connectivity index (χ1v) is 6.84. The van der Waals surface area contributed by atoms with Crippen LogP contribution in [0.5, 0.6) is 0 Å². The summed E-state index contributed by atoms with van der Waals surface area (Å²) in [6.45, 7) is 0.750. The van der Waals surface area contributed by atoms with Crippen molar-refractivity contribution in [2.24, 2.45) is 0 Å². The molecule has 0 bridgehead atoms. The van der Waals surface area contributed by atoms with Gasteiger partial charge in [0.15, 0.2) is 0 Å².